The van der Waals surface area contributed by atoms with E-state index in [1.165, 1.54) is 11.6 Å². The molecular weight excluding hydrogens is 448 g/mol. The molecule has 0 unspecified atom stereocenters. The van der Waals surface area contributed by atoms with Crippen LogP contribution in [0.4, 0.5) is 0 Å². The van der Waals surface area contributed by atoms with Crippen LogP contribution in [-0.2, 0) is 16.1 Å². The topological polar surface area (TPSA) is 65.7 Å². The number of hydrogen-bond donors (Lipinski definition) is 0. The Morgan fingerprint density at radius 2 is 1.97 bits per heavy atom. The molecule has 0 bridgehead atoms. The molecule has 5 nitrogen and oxygen atoms in total. The predicted octanol–water partition coefficient (Wildman–Crippen LogP) is 5.89. The van der Waals surface area contributed by atoms with Crippen LogP contribution in [0.5, 0.6) is 5.75 Å². The molecule has 0 amide bonds. The summed E-state index contributed by atoms with van der Waals surface area (Å²) in [4.78, 5) is 24.1. The third-order valence-electron chi connectivity index (χ3n) is 4.82. The van der Waals surface area contributed by atoms with Crippen LogP contribution in [0.1, 0.15) is 49.3 Å². The molecule has 3 rings (SSSR count). The Bertz CT molecular complexity index is 1100. The molecule has 0 aliphatic heterocycles. The van der Waals surface area contributed by atoms with Crippen molar-refractivity contribution in [2.24, 2.45) is 0 Å². The zero-order chi connectivity index (χ0) is 21.7. The van der Waals surface area contributed by atoms with Gasteiger partial charge in [-0.1, -0.05) is 35.8 Å². The van der Waals surface area contributed by atoms with Crippen molar-refractivity contribution in [3.63, 3.8) is 0 Å². The van der Waals surface area contributed by atoms with E-state index in [-0.39, 0.29) is 19.0 Å². The molecule has 158 valence electrons. The van der Waals surface area contributed by atoms with Crippen molar-refractivity contribution in [3.8, 4) is 5.75 Å². The van der Waals surface area contributed by atoms with Crippen LogP contribution in [0.25, 0.3) is 11.0 Å². The van der Waals surface area contributed by atoms with E-state index in [4.69, 9.17) is 13.9 Å². The number of aryl methyl sites for hydroxylation is 1. The van der Waals surface area contributed by atoms with Gasteiger partial charge in [0.05, 0.1) is 6.61 Å². The molecule has 1 heterocycles. The van der Waals surface area contributed by atoms with Gasteiger partial charge in [-0.05, 0) is 60.7 Å². The fraction of sp³-hybridized carbons (Fsp3) is 0.333. The lowest BCUT2D eigenvalue weighted by atomic mass is 9.95. The van der Waals surface area contributed by atoms with Crippen molar-refractivity contribution >= 4 is 32.9 Å². The second-order valence-corrected chi connectivity index (χ2v) is 8.44. The van der Waals surface area contributed by atoms with Gasteiger partial charge in [-0.2, -0.15) is 0 Å². The highest BCUT2D eigenvalue weighted by molar-refractivity contribution is 9.10. The van der Waals surface area contributed by atoms with Crippen LogP contribution in [0.3, 0.4) is 0 Å². The third kappa shape index (κ3) is 5.72. The number of hydrogen-bond acceptors (Lipinski definition) is 5. The highest BCUT2D eigenvalue weighted by atomic mass is 79.9. The standard InChI is InChI=1S/C24H25BrO5/c1-15(2)20-13-21-17(11-24(27)30-22(21)10-16(20)3)14-29-23(26)8-5-9-28-19-7-4-6-18(25)12-19/h4,6-7,10-13,15H,5,8-9,14H2,1-3H3. The van der Waals surface area contributed by atoms with E-state index >= 15 is 0 Å². The molecule has 2 aromatic carbocycles. The van der Waals surface area contributed by atoms with Gasteiger partial charge in [-0.25, -0.2) is 4.79 Å². The summed E-state index contributed by atoms with van der Waals surface area (Å²) in [6, 6.07) is 12.8. The minimum absolute atomic E-state index is 0.0357. The average molecular weight is 473 g/mol. The lowest BCUT2D eigenvalue weighted by Gasteiger charge is -2.13. The molecule has 0 saturated heterocycles. The summed E-state index contributed by atoms with van der Waals surface area (Å²) in [6.45, 7) is 6.68. The minimum atomic E-state index is -0.451. The van der Waals surface area contributed by atoms with E-state index in [0.717, 1.165) is 21.2 Å². The summed E-state index contributed by atoms with van der Waals surface area (Å²) in [7, 11) is 0. The molecule has 0 fully saturated rings. The first kappa shape index (κ1) is 22.1. The Kier molecular flexibility index (Phi) is 7.32. The molecule has 0 saturated carbocycles. The van der Waals surface area contributed by atoms with Crippen molar-refractivity contribution in [2.75, 3.05) is 6.61 Å². The molecule has 0 atom stereocenters. The molecule has 0 N–H and O–H groups in total. The van der Waals surface area contributed by atoms with Crippen LogP contribution < -0.4 is 10.4 Å². The second kappa shape index (κ2) is 9.94. The number of carbonyl (C=O) groups excluding carboxylic acids is 1. The van der Waals surface area contributed by atoms with Gasteiger partial charge in [-0.3, -0.25) is 4.79 Å². The number of esters is 1. The monoisotopic (exact) mass is 472 g/mol. The summed E-state index contributed by atoms with van der Waals surface area (Å²) in [5.41, 5.74) is 2.96. The zero-order valence-electron chi connectivity index (χ0n) is 17.4. The normalized spacial score (nSPS) is 11.1. The van der Waals surface area contributed by atoms with Crippen LogP contribution in [0.15, 0.2) is 56.1 Å². The van der Waals surface area contributed by atoms with E-state index < -0.39 is 5.63 Å². The van der Waals surface area contributed by atoms with Crippen LogP contribution in [0, 0.1) is 6.92 Å². The Hall–Kier alpha value is -2.60. The molecule has 1 aromatic heterocycles. The van der Waals surface area contributed by atoms with Gasteiger partial charge < -0.3 is 13.9 Å². The van der Waals surface area contributed by atoms with Crippen molar-refractivity contribution in [1.82, 2.24) is 0 Å². The van der Waals surface area contributed by atoms with Gasteiger partial charge >= 0.3 is 11.6 Å². The Balaban J connectivity index is 1.60. The highest BCUT2D eigenvalue weighted by Gasteiger charge is 2.13. The fourth-order valence-corrected chi connectivity index (χ4v) is 3.70. The Morgan fingerprint density at radius 1 is 1.17 bits per heavy atom. The molecule has 0 aliphatic rings. The van der Waals surface area contributed by atoms with E-state index in [9.17, 15) is 9.59 Å². The lowest BCUT2D eigenvalue weighted by Crippen LogP contribution is -2.09. The lowest BCUT2D eigenvalue weighted by molar-refractivity contribution is -0.145. The van der Waals surface area contributed by atoms with Crippen LogP contribution in [-0.4, -0.2) is 12.6 Å². The second-order valence-electron chi connectivity index (χ2n) is 7.52. The van der Waals surface area contributed by atoms with Gasteiger partial charge in [0.1, 0.15) is 17.9 Å². The summed E-state index contributed by atoms with van der Waals surface area (Å²) < 4.78 is 17.3. The van der Waals surface area contributed by atoms with Crippen molar-refractivity contribution in [1.29, 1.82) is 0 Å². The maximum Gasteiger partial charge on any atom is 0.336 e. The maximum atomic E-state index is 12.1. The van der Waals surface area contributed by atoms with Gasteiger partial charge in [0.2, 0.25) is 0 Å². The molecule has 30 heavy (non-hydrogen) atoms. The number of fused-ring (bicyclic) bond motifs is 1. The van der Waals surface area contributed by atoms with Crippen molar-refractivity contribution in [2.45, 2.75) is 46.1 Å². The number of rotatable bonds is 8. The quantitative estimate of drug-likeness (QED) is 0.232. The number of carbonyl (C=O) groups is 1. The average Bonchev–Trinajstić information content (AvgIpc) is 2.68. The number of ether oxygens (including phenoxy) is 2. The number of benzene rings is 2. The van der Waals surface area contributed by atoms with E-state index in [1.54, 1.807) is 0 Å². The largest absolute Gasteiger partial charge is 0.494 e. The maximum absolute atomic E-state index is 12.1. The predicted molar refractivity (Wildman–Crippen MR) is 120 cm³/mol. The SMILES string of the molecule is Cc1cc2oc(=O)cc(COC(=O)CCCOc3cccc(Br)c3)c2cc1C(C)C. The molecule has 0 radical (unpaired) electrons. The summed E-state index contributed by atoms with van der Waals surface area (Å²) >= 11 is 3.39. The Morgan fingerprint density at radius 3 is 2.70 bits per heavy atom. The van der Waals surface area contributed by atoms with Crippen molar-refractivity contribution < 1.29 is 18.7 Å². The van der Waals surface area contributed by atoms with Gasteiger partial charge in [0.15, 0.2) is 0 Å². The van der Waals surface area contributed by atoms with Crippen molar-refractivity contribution in [3.05, 3.63) is 74.0 Å². The summed E-state index contributed by atoms with van der Waals surface area (Å²) in [5.74, 6) is 0.754. The van der Waals surface area contributed by atoms with Gasteiger partial charge in [0.25, 0.3) is 0 Å². The van der Waals surface area contributed by atoms with E-state index in [1.807, 2.05) is 43.3 Å². The molecule has 6 heteroatoms. The first-order valence-electron chi connectivity index (χ1n) is 9.94. The van der Waals surface area contributed by atoms with Gasteiger partial charge in [-0.15, -0.1) is 0 Å². The fourth-order valence-electron chi connectivity index (χ4n) is 3.33. The third-order valence-corrected chi connectivity index (χ3v) is 5.31. The van der Waals surface area contributed by atoms with Crippen LogP contribution in [0.2, 0.25) is 0 Å². The first-order chi connectivity index (χ1) is 14.3. The molecule has 0 spiro atoms. The van der Waals surface area contributed by atoms with Gasteiger partial charge in [0, 0.05) is 27.9 Å². The summed E-state index contributed by atoms with van der Waals surface area (Å²) in [6.07, 6.45) is 0.781. The zero-order valence-corrected chi connectivity index (χ0v) is 19.0. The first-order valence-corrected chi connectivity index (χ1v) is 10.7. The highest BCUT2D eigenvalue weighted by Crippen LogP contribution is 2.27. The summed E-state index contributed by atoms with van der Waals surface area (Å²) in [5, 5.41) is 0.801. The Labute approximate surface area is 184 Å². The molecular formula is C24H25BrO5. The number of halogens is 1. The molecule has 0 aliphatic carbocycles. The van der Waals surface area contributed by atoms with E-state index in [2.05, 4.69) is 29.8 Å². The minimum Gasteiger partial charge on any atom is -0.494 e. The van der Waals surface area contributed by atoms with Crippen LogP contribution >= 0.6 is 15.9 Å². The van der Waals surface area contributed by atoms with E-state index in [0.29, 0.717) is 30.1 Å². The smallest absolute Gasteiger partial charge is 0.336 e. The molecule has 3 aromatic rings.